The molecule has 0 aliphatic rings. The third-order valence-electron chi connectivity index (χ3n) is 3.89. The van der Waals surface area contributed by atoms with E-state index in [1.807, 2.05) is 42.6 Å². The van der Waals surface area contributed by atoms with E-state index < -0.39 is 0 Å². The molecule has 2 aromatic carbocycles. The molecule has 23 heavy (non-hydrogen) atoms. The van der Waals surface area contributed by atoms with Gasteiger partial charge in [-0.05, 0) is 42.7 Å². The molecule has 3 aromatic rings. The zero-order valence-electron chi connectivity index (χ0n) is 12.7. The highest BCUT2D eigenvalue weighted by Gasteiger charge is 2.12. The molecule has 0 amide bonds. The van der Waals surface area contributed by atoms with E-state index in [1.54, 1.807) is 0 Å². The summed E-state index contributed by atoms with van der Waals surface area (Å²) < 4.78 is 1.02. The van der Waals surface area contributed by atoms with Crippen molar-refractivity contribution in [2.75, 3.05) is 11.9 Å². The van der Waals surface area contributed by atoms with Crippen LogP contribution in [0.4, 0.5) is 5.69 Å². The van der Waals surface area contributed by atoms with Crippen molar-refractivity contribution < 1.29 is 5.11 Å². The lowest BCUT2D eigenvalue weighted by Crippen LogP contribution is -2.12. The molecule has 1 aromatic heterocycles. The van der Waals surface area contributed by atoms with E-state index in [0.29, 0.717) is 0 Å². The number of hydrogen-bond acceptors (Lipinski definition) is 3. The van der Waals surface area contributed by atoms with Crippen molar-refractivity contribution in [1.82, 2.24) is 4.98 Å². The first-order chi connectivity index (χ1) is 11.3. The molecule has 1 atom stereocenters. The predicted octanol–water partition coefficient (Wildman–Crippen LogP) is 4.92. The lowest BCUT2D eigenvalue weighted by atomic mass is 10.0. The van der Waals surface area contributed by atoms with Crippen molar-refractivity contribution in [1.29, 1.82) is 0 Å². The quantitative estimate of drug-likeness (QED) is 0.646. The molecule has 0 radical (unpaired) electrons. The van der Waals surface area contributed by atoms with E-state index in [4.69, 9.17) is 0 Å². The molecule has 0 saturated carbocycles. The number of benzene rings is 2. The van der Waals surface area contributed by atoms with Crippen LogP contribution in [0.3, 0.4) is 0 Å². The van der Waals surface area contributed by atoms with E-state index in [-0.39, 0.29) is 12.6 Å². The molecular formula is C19H19BrN2O. The SMILES string of the molecule is OCCCC(Nc1ccnc2cc(Br)ccc12)c1ccccc1. The highest BCUT2D eigenvalue weighted by molar-refractivity contribution is 9.10. The number of aromatic nitrogens is 1. The van der Waals surface area contributed by atoms with Crippen molar-refractivity contribution in [3.8, 4) is 0 Å². The van der Waals surface area contributed by atoms with Crippen LogP contribution in [-0.2, 0) is 0 Å². The molecule has 0 saturated heterocycles. The second kappa shape index (κ2) is 7.57. The summed E-state index contributed by atoms with van der Waals surface area (Å²) in [4.78, 5) is 4.43. The Balaban J connectivity index is 1.93. The Hall–Kier alpha value is -1.91. The number of hydrogen-bond donors (Lipinski definition) is 2. The third-order valence-corrected chi connectivity index (χ3v) is 4.38. The molecule has 2 N–H and O–H groups in total. The number of fused-ring (bicyclic) bond motifs is 1. The second-order valence-electron chi connectivity index (χ2n) is 5.49. The predicted molar refractivity (Wildman–Crippen MR) is 98.6 cm³/mol. The van der Waals surface area contributed by atoms with Crippen LogP contribution in [0.15, 0.2) is 65.3 Å². The summed E-state index contributed by atoms with van der Waals surface area (Å²) in [6.07, 6.45) is 3.47. The van der Waals surface area contributed by atoms with Crippen molar-refractivity contribution in [2.45, 2.75) is 18.9 Å². The van der Waals surface area contributed by atoms with Crippen LogP contribution in [0.25, 0.3) is 10.9 Å². The molecule has 0 bridgehead atoms. The maximum absolute atomic E-state index is 9.19. The summed E-state index contributed by atoms with van der Waals surface area (Å²) in [6.45, 7) is 0.203. The summed E-state index contributed by atoms with van der Waals surface area (Å²) in [5.41, 5.74) is 3.25. The molecule has 0 aliphatic carbocycles. The summed E-state index contributed by atoms with van der Waals surface area (Å²) in [5, 5.41) is 13.9. The topological polar surface area (TPSA) is 45.1 Å². The molecule has 4 heteroatoms. The van der Waals surface area contributed by atoms with Gasteiger partial charge in [-0.1, -0.05) is 46.3 Å². The summed E-state index contributed by atoms with van der Waals surface area (Å²) in [7, 11) is 0. The standard InChI is InChI=1S/C19H19BrN2O/c20-15-8-9-16-18(10-11-21-19(16)13-15)22-17(7-4-12-23)14-5-2-1-3-6-14/h1-3,5-6,8-11,13,17,23H,4,7,12H2,(H,21,22). The normalized spacial score (nSPS) is 12.3. The van der Waals surface area contributed by atoms with Gasteiger partial charge in [-0.15, -0.1) is 0 Å². The summed E-state index contributed by atoms with van der Waals surface area (Å²) >= 11 is 3.49. The van der Waals surface area contributed by atoms with Gasteiger partial charge in [0.15, 0.2) is 0 Å². The van der Waals surface area contributed by atoms with Gasteiger partial charge in [-0.2, -0.15) is 0 Å². The zero-order valence-corrected chi connectivity index (χ0v) is 14.3. The molecular weight excluding hydrogens is 352 g/mol. The fraction of sp³-hybridized carbons (Fsp3) is 0.211. The monoisotopic (exact) mass is 370 g/mol. The number of nitrogens with zero attached hydrogens (tertiary/aromatic N) is 1. The number of aliphatic hydroxyl groups is 1. The van der Waals surface area contributed by atoms with Crippen LogP contribution in [0.5, 0.6) is 0 Å². The van der Waals surface area contributed by atoms with Crippen LogP contribution in [0.2, 0.25) is 0 Å². The molecule has 0 aliphatic heterocycles. The van der Waals surface area contributed by atoms with E-state index in [9.17, 15) is 5.11 Å². The third kappa shape index (κ3) is 3.89. The number of aliphatic hydroxyl groups excluding tert-OH is 1. The number of pyridine rings is 1. The van der Waals surface area contributed by atoms with Crippen LogP contribution < -0.4 is 5.32 Å². The molecule has 1 heterocycles. The maximum atomic E-state index is 9.19. The second-order valence-corrected chi connectivity index (χ2v) is 6.41. The number of rotatable bonds is 6. The van der Waals surface area contributed by atoms with Gasteiger partial charge in [0.25, 0.3) is 0 Å². The summed E-state index contributed by atoms with van der Waals surface area (Å²) in [6, 6.07) is 18.6. The van der Waals surface area contributed by atoms with Crippen molar-refractivity contribution in [3.05, 3.63) is 70.8 Å². The highest BCUT2D eigenvalue weighted by Crippen LogP contribution is 2.29. The van der Waals surface area contributed by atoms with Crippen LogP contribution in [0.1, 0.15) is 24.4 Å². The molecule has 0 fully saturated rings. The molecule has 118 valence electrons. The number of nitrogens with one attached hydrogen (secondary N) is 1. The molecule has 3 nitrogen and oxygen atoms in total. The highest BCUT2D eigenvalue weighted by atomic mass is 79.9. The Kier molecular flexibility index (Phi) is 5.26. The van der Waals surface area contributed by atoms with E-state index in [0.717, 1.165) is 33.9 Å². The Morgan fingerprint density at radius 3 is 2.70 bits per heavy atom. The smallest absolute Gasteiger partial charge is 0.0733 e. The van der Waals surface area contributed by atoms with Crippen molar-refractivity contribution >= 4 is 32.5 Å². The number of anilines is 1. The average molecular weight is 371 g/mol. The van der Waals surface area contributed by atoms with E-state index in [1.165, 1.54) is 5.56 Å². The van der Waals surface area contributed by atoms with Crippen LogP contribution in [-0.4, -0.2) is 16.7 Å². The van der Waals surface area contributed by atoms with Crippen LogP contribution >= 0.6 is 15.9 Å². The number of halogens is 1. The first-order valence-corrected chi connectivity index (χ1v) is 8.54. The molecule has 1 unspecified atom stereocenters. The van der Waals surface area contributed by atoms with Crippen molar-refractivity contribution in [2.24, 2.45) is 0 Å². The Morgan fingerprint density at radius 1 is 1.09 bits per heavy atom. The van der Waals surface area contributed by atoms with Gasteiger partial charge in [0.05, 0.1) is 11.6 Å². The molecule has 0 spiro atoms. The minimum atomic E-state index is 0.164. The van der Waals surface area contributed by atoms with Gasteiger partial charge in [0.2, 0.25) is 0 Å². The first kappa shape index (κ1) is 16.0. The maximum Gasteiger partial charge on any atom is 0.0733 e. The van der Waals surface area contributed by atoms with Crippen molar-refractivity contribution in [3.63, 3.8) is 0 Å². The Morgan fingerprint density at radius 2 is 1.91 bits per heavy atom. The van der Waals surface area contributed by atoms with Gasteiger partial charge >= 0.3 is 0 Å². The summed E-state index contributed by atoms with van der Waals surface area (Å²) in [5.74, 6) is 0. The first-order valence-electron chi connectivity index (χ1n) is 7.74. The largest absolute Gasteiger partial charge is 0.396 e. The minimum absolute atomic E-state index is 0.164. The Bertz CT molecular complexity index is 777. The molecule has 3 rings (SSSR count). The van der Waals surface area contributed by atoms with Gasteiger partial charge < -0.3 is 10.4 Å². The lowest BCUT2D eigenvalue weighted by Gasteiger charge is -2.21. The van der Waals surface area contributed by atoms with Crippen LogP contribution in [0, 0.1) is 0 Å². The fourth-order valence-electron chi connectivity index (χ4n) is 2.74. The lowest BCUT2D eigenvalue weighted by molar-refractivity contribution is 0.281. The minimum Gasteiger partial charge on any atom is -0.396 e. The van der Waals surface area contributed by atoms with Gasteiger partial charge in [-0.25, -0.2) is 0 Å². The zero-order chi connectivity index (χ0) is 16.1. The average Bonchev–Trinajstić information content (AvgIpc) is 2.59. The van der Waals surface area contributed by atoms with Gasteiger partial charge in [0.1, 0.15) is 0 Å². The Labute approximate surface area is 144 Å². The van der Waals surface area contributed by atoms with Gasteiger partial charge in [0, 0.05) is 28.4 Å². The van der Waals surface area contributed by atoms with E-state index in [2.05, 4.69) is 44.4 Å². The van der Waals surface area contributed by atoms with E-state index >= 15 is 0 Å². The fourth-order valence-corrected chi connectivity index (χ4v) is 3.09. The van der Waals surface area contributed by atoms with Gasteiger partial charge in [-0.3, -0.25) is 4.98 Å².